The molecule has 0 aromatic carbocycles. The average Bonchev–Trinajstić information content (AvgIpc) is 2.14. The van der Waals surface area contributed by atoms with E-state index in [1.165, 1.54) is 25.7 Å². The van der Waals surface area contributed by atoms with Crippen LogP contribution in [0.3, 0.4) is 0 Å². The van der Waals surface area contributed by atoms with Crippen molar-refractivity contribution >= 4 is 0 Å². The van der Waals surface area contributed by atoms with Crippen LogP contribution >= 0.6 is 0 Å². The third-order valence-electron chi connectivity index (χ3n) is 3.80. The molecule has 0 aromatic rings. The van der Waals surface area contributed by atoms with Gasteiger partial charge in [0.1, 0.15) is 0 Å². The van der Waals surface area contributed by atoms with E-state index in [9.17, 15) is 0 Å². The van der Waals surface area contributed by atoms with Gasteiger partial charge in [-0.25, -0.2) is 0 Å². The molecule has 2 fully saturated rings. The van der Waals surface area contributed by atoms with Crippen LogP contribution in [0.25, 0.3) is 0 Å². The third-order valence-corrected chi connectivity index (χ3v) is 3.80. The van der Waals surface area contributed by atoms with Crippen LogP contribution in [0.15, 0.2) is 0 Å². The number of morpholine rings is 1. The van der Waals surface area contributed by atoms with E-state index in [-0.39, 0.29) is 5.60 Å². The molecule has 3 atom stereocenters. The standard InChI is InChI=1S/C13H26N2O/c1-10-8-15(9-13(2,3)16-10)12-6-4-5-11(14)7-12/h10-12H,4-9,14H2,1-3H3. The van der Waals surface area contributed by atoms with Gasteiger partial charge in [0.15, 0.2) is 0 Å². The summed E-state index contributed by atoms with van der Waals surface area (Å²) in [6, 6.07) is 1.11. The molecule has 0 amide bonds. The van der Waals surface area contributed by atoms with E-state index in [1.807, 2.05) is 0 Å². The number of rotatable bonds is 1. The highest BCUT2D eigenvalue weighted by atomic mass is 16.5. The first-order valence-corrected chi connectivity index (χ1v) is 6.64. The van der Waals surface area contributed by atoms with Gasteiger partial charge < -0.3 is 10.5 Å². The Hall–Kier alpha value is -0.120. The van der Waals surface area contributed by atoms with E-state index in [2.05, 4.69) is 25.7 Å². The molecule has 16 heavy (non-hydrogen) atoms. The molecule has 0 bridgehead atoms. The molecular formula is C13H26N2O. The molecule has 1 saturated carbocycles. The smallest absolute Gasteiger partial charge is 0.0757 e. The van der Waals surface area contributed by atoms with Crippen molar-refractivity contribution in [3.8, 4) is 0 Å². The summed E-state index contributed by atoms with van der Waals surface area (Å²) in [5.74, 6) is 0. The Balaban J connectivity index is 1.97. The SMILES string of the molecule is CC1CN(C2CCCC(N)C2)CC(C)(C)O1. The second-order valence-corrected chi connectivity index (χ2v) is 6.20. The molecule has 1 aliphatic heterocycles. The summed E-state index contributed by atoms with van der Waals surface area (Å²) in [6.45, 7) is 8.68. The summed E-state index contributed by atoms with van der Waals surface area (Å²) in [5, 5.41) is 0. The van der Waals surface area contributed by atoms with Crippen LogP contribution in [-0.4, -0.2) is 41.8 Å². The van der Waals surface area contributed by atoms with Gasteiger partial charge in [0, 0.05) is 25.2 Å². The fraction of sp³-hybridized carbons (Fsp3) is 1.00. The summed E-state index contributed by atoms with van der Waals surface area (Å²) in [6.07, 6.45) is 5.33. The van der Waals surface area contributed by atoms with Crippen molar-refractivity contribution < 1.29 is 4.74 Å². The number of nitrogens with zero attached hydrogens (tertiary/aromatic N) is 1. The van der Waals surface area contributed by atoms with Crippen LogP contribution in [0.1, 0.15) is 46.5 Å². The van der Waals surface area contributed by atoms with Crippen molar-refractivity contribution in [2.45, 2.75) is 70.2 Å². The zero-order valence-corrected chi connectivity index (χ0v) is 10.9. The van der Waals surface area contributed by atoms with Crippen LogP contribution in [0, 0.1) is 0 Å². The second kappa shape index (κ2) is 4.63. The Morgan fingerprint density at radius 3 is 2.69 bits per heavy atom. The fourth-order valence-corrected chi connectivity index (χ4v) is 3.31. The van der Waals surface area contributed by atoms with Gasteiger partial charge in [-0.1, -0.05) is 6.42 Å². The van der Waals surface area contributed by atoms with Gasteiger partial charge in [0.2, 0.25) is 0 Å². The van der Waals surface area contributed by atoms with E-state index >= 15 is 0 Å². The first-order valence-electron chi connectivity index (χ1n) is 6.64. The molecule has 0 radical (unpaired) electrons. The van der Waals surface area contributed by atoms with E-state index < -0.39 is 0 Å². The normalized spacial score (nSPS) is 40.9. The number of hydrogen-bond acceptors (Lipinski definition) is 3. The molecule has 2 rings (SSSR count). The summed E-state index contributed by atoms with van der Waals surface area (Å²) in [7, 11) is 0. The third kappa shape index (κ3) is 2.96. The van der Waals surface area contributed by atoms with Crippen LogP contribution in [0.5, 0.6) is 0 Å². The molecule has 3 heteroatoms. The van der Waals surface area contributed by atoms with Gasteiger partial charge in [0.05, 0.1) is 11.7 Å². The van der Waals surface area contributed by atoms with E-state index in [0.29, 0.717) is 18.2 Å². The average molecular weight is 226 g/mol. The zero-order valence-electron chi connectivity index (χ0n) is 10.9. The van der Waals surface area contributed by atoms with Crippen molar-refractivity contribution in [2.24, 2.45) is 5.73 Å². The molecule has 3 nitrogen and oxygen atoms in total. The van der Waals surface area contributed by atoms with Crippen LogP contribution in [0.2, 0.25) is 0 Å². The zero-order chi connectivity index (χ0) is 11.8. The maximum atomic E-state index is 6.08. The van der Waals surface area contributed by atoms with Gasteiger partial charge in [-0.2, -0.15) is 0 Å². The molecule has 2 N–H and O–H groups in total. The van der Waals surface area contributed by atoms with Crippen LogP contribution in [-0.2, 0) is 4.74 Å². The van der Waals surface area contributed by atoms with E-state index in [1.54, 1.807) is 0 Å². The van der Waals surface area contributed by atoms with E-state index in [4.69, 9.17) is 10.5 Å². The minimum absolute atomic E-state index is 0.000785. The molecule has 94 valence electrons. The quantitative estimate of drug-likeness (QED) is 0.740. The Labute approximate surface area is 99.3 Å². The van der Waals surface area contributed by atoms with E-state index in [0.717, 1.165) is 13.1 Å². The molecule has 3 unspecified atom stereocenters. The predicted molar refractivity (Wildman–Crippen MR) is 66.4 cm³/mol. The highest BCUT2D eigenvalue weighted by molar-refractivity contribution is 4.89. The minimum atomic E-state index is -0.000785. The summed E-state index contributed by atoms with van der Waals surface area (Å²) in [4.78, 5) is 2.60. The lowest BCUT2D eigenvalue weighted by molar-refractivity contribution is -0.140. The van der Waals surface area contributed by atoms with Gasteiger partial charge in [-0.05, 0) is 40.0 Å². The molecular weight excluding hydrogens is 200 g/mol. The van der Waals surface area contributed by atoms with Crippen molar-refractivity contribution in [1.29, 1.82) is 0 Å². The Kier molecular flexibility index (Phi) is 3.57. The highest BCUT2D eigenvalue weighted by Gasteiger charge is 2.35. The lowest BCUT2D eigenvalue weighted by atomic mass is 9.89. The van der Waals surface area contributed by atoms with Crippen molar-refractivity contribution in [3.63, 3.8) is 0 Å². The van der Waals surface area contributed by atoms with Crippen molar-refractivity contribution in [1.82, 2.24) is 4.90 Å². The Morgan fingerprint density at radius 1 is 1.31 bits per heavy atom. The number of nitrogens with two attached hydrogens (primary N) is 1. The molecule has 1 heterocycles. The lowest BCUT2D eigenvalue weighted by Crippen LogP contribution is -2.56. The maximum absolute atomic E-state index is 6.08. The number of ether oxygens (including phenoxy) is 1. The predicted octanol–water partition coefficient (Wildman–Crippen LogP) is 1.76. The largest absolute Gasteiger partial charge is 0.370 e. The summed E-state index contributed by atoms with van der Waals surface area (Å²) < 4.78 is 5.95. The molecule has 1 aliphatic carbocycles. The number of hydrogen-bond donors (Lipinski definition) is 1. The monoisotopic (exact) mass is 226 g/mol. The van der Waals surface area contributed by atoms with Gasteiger partial charge in [0.25, 0.3) is 0 Å². The maximum Gasteiger partial charge on any atom is 0.0757 e. The van der Waals surface area contributed by atoms with Gasteiger partial charge in [-0.3, -0.25) is 4.90 Å². The van der Waals surface area contributed by atoms with Crippen molar-refractivity contribution in [2.75, 3.05) is 13.1 Å². The van der Waals surface area contributed by atoms with Crippen LogP contribution < -0.4 is 5.73 Å². The minimum Gasteiger partial charge on any atom is -0.370 e. The van der Waals surface area contributed by atoms with Gasteiger partial charge >= 0.3 is 0 Å². The first kappa shape index (κ1) is 12.3. The Morgan fingerprint density at radius 2 is 2.06 bits per heavy atom. The van der Waals surface area contributed by atoms with Crippen LogP contribution in [0.4, 0.5) is 0 Å². The molecule has 0 spiro atoms. The van der Waals surface area contributed by atoms with Gasteiger partial charge in [-0.15, -0.1) is 0 Å². The first-order chi connectivity index (χ1) is 7.46. The molecule has 2 aliphatic rings. The highest BCUT2D eigenvalue weighted by Crippen LogP contribution is 2.28. The summed E-state index contributed by atoms with van der Waals surface area (Å²) in [5.41, 5.74) is 6.08. The fourth-order valence-electron chi connectivity index (χ4n) is 3.31. The lowest BCUT2D eigenvalue weighted by Gasteiger charge is -2.46. The molecule has 1 saturated heterocycles. The summed E-state index contributed by atoms with van der Waals surface area (Å²) >= 11 is 0. The topological polar surface area (TPSA) is 38.5 Å². The second-order valence-electron chi connectivity index (χ2n) is 6.20. The Bertz CT molecular complexity index is 242. The van der Waals surface area contributed by atoms with Crippen molar-refractivity contribution in [3.05, 3.63) is 0 Å². The molecule has 0 aromatic heterocycles.